The van der Waals surface area contributed by atoms with Gasteiger partial charge >= 0.3 is 17.9 Å². The number of likely N-dealkylation sites (N-methyl/N-ethyl adjacent to an activating group) is 1. The van der Waals surface area contributed by atoms with Gasteiger partial charge in [0.05, 0.1) is 16.7 Å². The average molecular weight is 576 g/mol. The van der Waals surface area contributed by atoms with Gasteiger partial charge in [0.15, 0.2) is 0 Å². The maximum atomic E-state index is 12.7. The second-order valence-electron chi connectivity index (χ2n) is 9.86. The fourth-order valence-electron chi connectivity index (χ4n) is 4.11. The molecule has 2 N–H and O–H groups in total. The number of aliphatic carboxylic acids is 1. The number of benzene rings is 1. The SMILES string of the molecule is C.C.C.C.C.C.CCN(CC)CC(O)COC(=O)C(C)CC(C)(CC(C)(C)C(=O)OCc1ccccc1)C(=O)O. The first-order valence-corrected chi connectivity index (χ1v) is 11.9. The standard InChI is InChI=1S/C26H41NO7.6CH4/c1-7-27(8-2)15-21(28)17-33-22(29)19(3)14-26(6,23(30)31)18-25(4,5)24(32)34-16-20-12-10-9-11-13-20;;;;;;/h9-13,19,21,28H,7-8,14-18H2,1-6H3,(H,30,31);6*1H4. The minimum Gasteiger partial charge on any atom is -0.481 e. The fraction of sp³-hybridized carbons (Fsp3) is 0.719. The van der Waals surface area contributed by atoms with Gasteiger partial charge in [-0.05, 0) is 52.3 Å². The number of carboxylic acids is 1. The van der Waals surface area contributed by atoms with Gasteiger partial charge in [0.25, 0.3) is 0 Å². The number of hydrogen-bond acceptors (Lipinski definition) is 7. The van der Waals surface area contributed by atoms with Crippen molar-refractivity contribution in [1.82, 2.24) is 4.90 Å². The molecule has 8 heteroatoms. The Morgan fingerprint density at radius 3 is 1.85 bits per heavy atom. The van der Waals surface area contributed by atoms with Gasteiger partial charge in [0.1, 0.15) is 19.3 Å². The third-order valence-corrected chi connectivity index (χ3v) is 6.05. The Kier molecular flexibility index (Phi) is 29.3. The predicted octanol–water partition coefficient (Wildman–Crippen LogP) is 7.33. The molecular formula is C32H65NO7. The van der Waals surface area contributed by atoms with Crippen LogP contribution in [0.15, 0.2) is 30.3 Å². The highest BCUT2D eigenvalue weighted by Crippen LogP contribution is 2.40. The smallest absolute Gasteiger partial charge is 0.311 e. The first kappa shape index (κ1) is 50.4. The van der Waals surface area contributed by atoms with Crippen LogP contribution < -0.4 is 0 Å². The van der Waals surface area contributed by atoms with Gasteiger partial charge in [0, 0.05) is 6.54 Å². The summed E-state index contributed by atoms with van der Waals surface area (Å²) < 4.78 is 10.7. The van der Waals surface area contributed by atoms with Crippen molar-refractivity contribution in [1.29, 1.82) is 0 Å². The van der Waals surface area contributed by atoms with E-state index in [4.69, 9.17) is 9.47 Å². The summed E-state index contributed by atoms with van der Waals surface area (Å²) in [5, 5.41) is 20.1. The van der Waals surface area contributed by atoms with Crippen LogP contribution >= 0.6 is 0 Å². The Bertz CT molecular complexity index is 794. The largest absolute Gasteiger partial charge is 0.481 e. The average Bonchev–Trinajstić information content (AvgIpc) is 2.79. The van der Waals surface area contributed by atoms with Crippen molar-refractivity contribution in [3.63, 3.8) is 0 Å². The molecule has 0 aromatic heterocycles. The summed E-state index contributed by atoms with van der Waals surface area (Å²) in [6, 6.07) is 9.24. The summed E-state index contributed by atoms with van der Waals surface area (Å²) in [5.41, 5.74) is -1.59. The van der Waals surface area contributed by atoms with Crippen LogP contribution in [0.2, 0.25) is 0 Å². The molecule has 240 valence electrons. The number of esters is 2. The van der Waals surface area contributed by atoms with Gasteiger partial charge in [-0.3, -0.25) is 14.4 Å². The maximum absolute atomic E-state index is 12.7. The van der Waals surface area contributed by atoms with Crippen LogP contribution in [0.25, 0.3) is 0 Å². The number of aliphatic hydroxyl groups excluding tert-OH is 1. The molecular weight excluding hydrogens is 510 g/mol. The number of carboxylic acid groups (broad SMARTS) is 1. The van der Waals surface area contributed by atoms with Gasteiger partial charge in [-0.25, -0.2) is 0 Å². The van der Waals surface area contributed by atoms with Crippen molar-refractivity contribution in [2.75, 3.05) is 26.2 Å². The van der Waals surface area contributed by atoms with Crippen LogP contribution in [-0.2, 0) is 30.5 Å². The normalized spacial score (nSPS) is 13.0. The van der Waals surface area contributed by atoms with Crippen LogP contribution in [-0.4, -0.2) is 65.4 Å². The molecule has 0 fully saturated rings. The molecule has 3 atom stereocenters. The lowest BCUT2D eigenvalue weighted by atomic mass is 9.70. The lowest BCUT2D eigenvalue weighted by molar-refractivity contribution is -0.162. The van der Waals surface area contributed by atoms with E-state index >= 15 is 0 Å². The molecule has 40 heavy (non-hydrogen) atoms. The van der Waals surface area contributed by atoms with Crippen LogP contribution in [0.5, 0.6) is 0 Å². The summed E-state index contributed by atoms with van der Waals surface area (Å²) in [5.74, 6) is -2.90. The predicted molar refractivity (Wildman–Crippen MR) is 169 cm³/mol. The Hall–Kier alpha value is -2.45. The number of hydrogen-bond donors (Lipinski definition) is 2. The van der Waals surface area contributed by atoms with Crippen LogP contribution in [0.4, 0.5) is 0 Å². The zero-order valence-electron chi connectivity index (χ0n) is 21.4. The summed E-state index contributed by atoms with van der Waals surface area (Å²) >= 11 is 0. The molecule has 0 radical (unpaired) electrons. The number of nitrogens with zero attached hydrogens (tertiary/aromatic N) is 1. The highest BCUT2D eigenvalue weighted by molar-refractivity contribution is 5.80. The van der Waals surface area contributed by atoms with Crippen molar-refractivity contribution < 1.29 is 34.1 Å². The molecule has 8 nitrogen and oxygen atoms in total. The summed E-state index contributed by atoms with van der Waals surface area (Å²) in [6.07, 6.45) is -0.839. The Labute approximate surface area is 247 Å². The molecule has 1 aromatic rings. The monoisotopic (exact) mass is 575 g/mol. The molecule has 1 rings (SSSR count). The van der Waals surface area contributed by atoms with Crippen molar-refractivity contribution in [3.05, 3.63) is 35.9 Å². The van der Waals surface area contributed by atoms with Gasteiger partial charge < -0.3 is 24.6 Å². The number of carbonyl (C=O) groups is 3. The molecule has 0 aliphatic rings. The van der Waals surface area contributed by atoms with E-state index in [1.807, 2.05) is 49.1 Å². The fourth-order valence-corrected chi connectivity index (χ4v) is 4.11. The number of carbonyl (C=O) groups excluding carboxylic acids is 2. The number of aliphatic hydroxyl groups is 1. The van der Waals surface area contributed by atoms with Crippen LogP contribution in [0.1, 0.15) is 105 Å². The van der Waals surface area contributed by atoms with Gasteiger partial charge in [-0.2, -0.15) is 0 Å². The Morgan fingerprint density at radius 1 is 0.900 bits per heavy atom. The Balaban J connectivity index is -0.000000482. The van der Waals surface area contributed by atoms with E-state index in [0.29, 0.717) is 6.54 Å². The summed E-state index contributed by atoms with van der Waals surface area (Å²) in [6.45, 7) is 12.3. The second kappa shape index (κ2) is 23.3. The zero-order valence-corrected chi connectivity index (χ0v) is 21.4. The van der Waals surface area contributed by atoms with E-state index in [9.17, 15) is 24.6 Å². The van der Waals surface area contributed by atoms with Gasteiger partial charge in [-0.15, -0.1) is 0 Å². The van der Waals surface area contributed by atoms with E-state index in [-0.39, 0.29) is 70.6 Å². The van der Waals surface area contributed by atoms with Crippen LogP contribution in [0.3, 0.4) is 0 Å². The van der Waals surface area contributed by atoms with Crippen molar-refractivity contribution >= 4 is 17.9 Å². The van der Waals surface area contributed by atoms with Gasteiger partial charge in [-0.1, -0.05) is 95.7 Å². The van der Waals surface area contributed by atoms with E-state index in [1.165, 1.54) is 6.92 Å². The maximum Gasteiger partial charge on any atom is 0.311 e. The number of rotatable bonds is 15. The highest BCUT2D eigenvalue weighted by Gasteiger charge is 2.44. The van der Waals surface area contributed by atoms with Gasteiger partial charge in [0.2, 0.25) is 0 Å². The van der Waals surface area contributed by atoms with E-state index < -0.39 is 40.8 Å². The zero-order chi connectivity index (χ0) is 25.9. The van der Waals surface area contributed by atoms with E-state index in [2.05, 4.69) is 0 Å². The second-order valence-corrected chi connectivity index (χ2v) is 9.86. The molecule has 3 unspecified atom stereocenters. The minimum absolute atomic E-state index is 0. The quantitative estimate of drug-likeness (QED) is 0.209. The topological polar surface area (TPSA) is 113 Å². The van der Waals surface area contributed by atoms with Crippen molar-refractivity contribution in [2.45, 2.75) is 112 Å². The lowest BCUT2D eigenvalue weighted by Gasteiger charge is -2.34. The van der Waals surface area contributed by atoms with E-state index in [0.717, 1.165) is 18.7 Å². The molecule has 0 saturated heterocycles. The third-order valence-electron chi connectivity index (χ3n) is 6.05. The molecule has 0 spiro atoms. The first-order chi connectivity index (χ1) is 15.8. The molecule has 0 heterocycles. The van der Waals surface area contributed by atoms with E-state index in [1.54, 1.807) is 20.8 Å². The lowest BCUT2D eigenvalue weighted by Crippen LogP contribution is -2.40. The molecule has 1 aromatic carbocycles. The molecule has 0 saturated carbocycles. The minimum atomic E-state index is -1.35. The summed E-state index contributed by atoms with van der Waals surface area (Å²) in [7, 11) is 0. The van der Waals surface area contributed by atoms with Crippen molar-refractivity contribution in [2.24, 2.45) is 16.7 Å². The Morgan fingerprint density at radius 2 is 1.40 bits per heavy atom. The molecule has 0 bridgehead atoms. The first-order valence-electron chi connectivity index (χ1n) is 11.9. The van der Waals surface area contributed by atoms with Crippen molar-refractivity contribution in [3.8, 4) is 0 Å². The molecule has 0 aliphatic heterocycles. The van der Waals surface area contributed by atoms with Crippen LogP contribution in [0, 0.1) is 16.7 Å². The molecule has 0 amide bonds. The summed E-state index contributed by atoms with van der Waals surface area (Å²) in [4.78, 5) is 39.4. The molecule has 0 aliphatic carbocycles. The number of ether oxygens (including phenoxy) is 2. The highest BCUT2D eigenvalue weighted by atomic mass is 16.5. The third kappa shape index (κ3) is 16.6.